The van der Waals surface area contributed by atoms with Gasteiger partial charge in [0.25, 0.3) is 18.1 Å². The van der Waals surface area contributed by atoms with Crippen LogP contribution in [0.3, 0.4) is 0 Å². The Hall–Kier alpha value is -3.06. The first-order chi connectivity index (χ1) is 24.5. The summed E-state index contributed by atoms with van der Waals surface area (Å²) in [5.41, 5.74) is 9.20. The Morgan fingerprint density at radius 3 is 1.00 bits per heavy atom. The summed E-state index contributed by atoms with van der Waals surface area (Å²) in [6.07, 6.45) is 3.91. The third kappa shape index (κ3) is 9.00. The van der Waals surface area contributed by atoms with Crippen LogP contribution in [0.15, 0.2) is 72.8 Å². The first-order valence-electron chi connectivity index (χ1n) is 19.1. The zero-order valence-electron chi connectivity index (χ0n) is 34.4. The van der Waals surface area contributed by atoms with Crippen LogP contribution in [-0.2, 0) is 21.7 Å². The van der Waals surface area contributed by atoms with Crippen molar-refractivity contribution in [1.82, 2.24) is 0 Å². The van der Waals surface area contributed by atoms with Gasteiger partial charge in [0.05, 0.1) is 0 Å². The minimum Gasteiger partial charge on any atom is -0.441 e. The maximum atomic E-state index is 7.01. The van der Waals surface area contributed by atoms with E-state index in [0.29, 0.717) is 0 Å². The van der Waals surface area contributed by atoms with E-state index in [-0.39, 0.29) is 39.7 Å². The molecule has 4 aromatic carbocycles. The van der Waals surface area contributed by atoms with Gasteiger partial charge in [0.15, 0.2) is 0 Å². The Balaban J connectivity index is 2.18. The van der Waals surface area contributed by atoms with Crippen molar-refractivity contribution in [2.24, 2.45) is 0 Å². The van der Waals surface area contributed by atoms with Crippen molar-refractivity contribution >= 4 is 18.1 Å². The summed E-state index contributed by atoms with van der Waals surface area (Å²) in [4.78, 5) is 0. The summed E-state index contributed by atoms with van der Waals surface area (Å²) in [6.45, 7) is 32.5. The summed E-state index contributed by atoms with van der Waals surface area (Å²) in [7, 11) is -0.460. The average Bonchev–Trinajstić information content (AvgIpc) is 3.12. The highest BCUT2D eigenvalue weighted by Gasteiger charge is 2.37. The number of hydrogen-bond donors (Lipinski definition) is 0. The molecule has 52 heavy (non-hydrogen) atoms. The monoisotopic (exact) mass is 742 g/mol. The van der Waals surface area contributed by atoms with E-state index in [1.165, 1.54) is 33.4 Å². The molecule has 6 heteroatoms. The Kier molecular flexibility index (Phi) is 13.6. The normalized spacial score (nSPS) is 13.0. The van der Waals surface area contributed by atoms with Gasteiger partial charge < -0.3 is 18.1 Å². The molecule has 4 nitrogen and oxygen atoms in total. The maximum Gasteiger partial charge on any atom is 0.275 e. The summed E-state index contributed by atoms with van der Waals surface area (Å²) >= 11 is 0. The molecule has 4 aromatic rings. The Labute approximate surface area is 319 Å². The van der Waals surface area contributed by atoms with Crippen molar-refractivity contribution in [3.63, 3.8) is 0 Å². The van der Waals surface area contributed by atoms with Gasteiger partial charge in [-0.3, -0.25) is 0 Å². The molecular formula is C46H64O4P2. The van der Waals surface area contributed by atoms with E-state index < -0.39 is 0 Å². The third-order valence-corrected chi connectivity index (χ3v) is 13.1. The highest BCUT2D eigenvalue weighted by atomic mass is 31.1. The van der Waals surface area contributed by atoms with Crippen molar-refractivity contribution in [1.29, 1.82) is 0 Å². The lowest BCUT2D eigenvalue weighted by atomic mass is 9.69. The molecule has 4 rings (SSSR count). The number of benzene rings is 4. The van der Waals surface area contributed by atoms with E-state index in [0.717, 1.165) is 59.8 Å². The first-order valence-corrected chi connectivity index (χ1v) is 20.7. The van der Waals surface area contributed by atoms with Crippen LogP contribution in [0, 0.1) is 13.8 Å². The van der Waals surface area contributed by atoms with Gasteiger partial charge >= 0.3 is 0 Å². The van der Waals surface area contributed by atoms with E-state index in [9.17, 15) is 0 Å². The number of para-hydroxylation sites is 2. The molecule has 282 valence electrons. The topological polar surface area (TPSA) is 36.9 Å². The van der Waals surface area contributed by atoms with Gasteiger partial charge in [-0.1, -0.05) is 132 Å². The van der Waals surface area contributed by atoms with Gasteiger partial charge in [-0.2, -0.15) is 0 Å². The molecule has 0 saturated carbocycles. The van der Waals surface area contributed by atoms with Gasteiger partial charge in [-0.15, -0.1) is 0 Å². The fourth-order valence-corrected chi connectivity index (χ4v) is 7.84. The highest BCUT2D eigenvalue weighted by molar-refractivity contribution is 7.27. The molecule has 2 unspecified atom stereocenters. The summed E-state index contributed by atoms with van der Waals surface area (Å²) in [6, 6.07) is 24.7. The average molecular weight is 743 g/mol. The standard InChI is InChI=1S/C46H64O4P2/c1-15-43(7,8)35-29-37(45(11,12)17-3)41(49-51-47-33-25-21-19-22-26-33)39(31(35)5)40-32(6)36(44(9,10)16-2)30-38(46(13,14)18-4)42(40)50-52-48-34-27-23-20-24-28-34/h19-30,51-52H,15-18H2,1-14H3. The SMILES string of the molecule is CCC(C)(C)c1cc(C(C)(C)CC)c(OPOc2ccccc2)c(-c2c(C)c(C(C)(C)CC)cc(C(C)(C)CC)c2OPOc2ccccc2)c1C. The van der Waals surface area contributed by atoms with Crippen molar-refractivity contribution < 1.29 is 18.1 Å². The molecule has 0 aliphatic carbocycles. The van der Waals surface area contributed by atoms with Gasteiger partial charge in [-0.05, 0) is 108 Å². The van der Waals surface area contributed by atoms with E-state index in [1.807, 2.05) is 60.7 Å². The molecule has 0 fully saturated rings. The van der Waals surface area contributed by atoms with Gasteiger partial charge in [0, 0.05) is 22.3 Å². The van der Waals surface area contributed by atoms with Crippen LogP contribution in [0.4, 0.5) is 0 Å². The molecule has 0 aliphatic heterocycles. The lowest BCUT2D eigenvalue weighted by Gasteiger charge is -2.37. The molecule has 0 aliphatic rings. The Bertz CT molecular complexity index is 1660. The predicted octanol–water partition coefficient (Wildman–Crippen LogP) is 14.7. The fourth-order valence-electron chi connectivity index (χ4n) is 6.70. The quantitative estimate of drug-likeness (QED) is 0.101. The van der Waals surface area contributed by atoms with Crippen LogP contribution in [-0.4, -0.2) is 0 Å². The molecule has 0 saturated heterocycles. The molecular weight excluding hydrogens is 678 g/mol. The molecule has 0 radical (unpaired) electrons. The van der Waals surface area contributed by atoms with Gasteiger partial charge in [-0.25, -0.2) is 0 Å². The second kappa shape index (κ2) is 17.0. The molecule has 0 amide bonds. The van der Waals surface area contributed by atoms with Crippen LogP contribution >= 0.6 is 18.1 Å². The van der Waals surface area contributed by atoms with E-state index in [4.69, 9.17) is 18.1 Å². The molecule has 0 N–H and O–H groups in total. The smallest absolute Gasteiger partial charge is 0.275 e. The van der Waals surface area contributed by atoms with Crippen LogP contribution in [0.25, 0.3) is 11.1 Å². The van der Waals surface area contributed by atoms with Crippen LogP contribution < -0.4 is 18.1 Å². The minimum atomic E-state index is -0.230. The van der Waals surface area contributed by atoms with Gasteiger partial charge in [0.2, 0.25) is 0 Å². The molecule has 0 bridgehead atoms. The lowest BCUT2D eigenvalue weighted by Crippen LogP contribution is -2.24. The Morgan fingerprint density at radius 1 is 0.423 bits per heavy atom. The molecule has 0 aromatic heterocycles. The molecule has 2 atom stereocenters. The predicted molar refractivity (Wildman–Crippen MR) is 227 cm³/mol. The van der Waals surface area contributed by atoms with Crippen molar-refractivity contribution in [2.75, 3.05) is 0 Å². The first kappa shape index (κ1) is 41.7. The van der Waals surface area contributed by atoms with Crippen molar-refractivity contribution in [2.45, 2.75) is 144 Å². The fraction of sp³-hybridized carbons (Fsp3) is 0.478. The largest absolute Gasteiger partial charge is 0.441 e. The summed E-state index contributed by atoms with van der Waals surface area (Å²) in [5, 5.41) is 0. The number of rotatable bonds is 17. The summed E-state index contributed by atoms with van der Waals surface area (Å²) in [5.74, 6) is 3.33. The molecule has 0 heterocycles. The lowest BCUT2D eigenvalue weighted by molar-refractivity contribution is 0.453. The van der Waals surface area contributed by atoms with E-state index >= 15 is 0 Å². The van der Waals surface area contributed by atoms with E-state index in [1.54, 1.807) is 0 Å². The van der Waals surface area contributed by atoms with Crippen molar-refractivity contribution in [3.8, 4) is 34.1 Å². The second-order valence-electron chi connectivity index (χ2n) is 16.8. The Morgan fingerprint density at radius 2 is 0.712 bits per heavy atom. The van der Waals surface area contributed by atoms with Crippen LogP contribution in [0.1, 0.15) is 142 Å². The maximum absolute atomic E-state index is 7.01. The van der Waals surface area contributed by atoms with Gasteiger partial charge in [0.1, 0.15) is 23.0 Å². The summed E-state index contributed by atoms with van der Waals surface area (Å²) < 4.78 is 26.6. The van der Waals surface area contributed by atoms with Crippen LogP contribution in [0.2, 0.25) is 0 Å². The zero-order valence-corrected chi connectivity index (χ0v) is 36.4. The van der Waals surface area contributed by atoms with Crippen LogP contribution in [0.5, 0.6) is 23.0 Å². The van der Waals surface area contributed by atoms with E-state index in [2.05, 4.69) is 109 Å². The minimum absolute atomic E-state index is 0.0718. The second-order valence-corrected chi connectivity index (χ2v) is 17.9. The van der Waals surface area contributed by atoms with Crippen molar-refractivity contribution in [3.05, 3.63) is 106 Å². The zero-order chi connectivity index (χ0) is 38.5. The third-order valence-electron chi connectivity index (χ3n) is 11.9. The molecule has 0 spiro atoms. The highest BCUT2D eigenvalue weighted by Crippen LogP contribution is 2.55. The number of hydrogen-bond acceptors (Lipinski definition) is 4.